The van der Waals surface area contributed by atoms with Gasteiger partial charge in [0.05, 0.1) is 5.69 Å². The van der Waals surface area contributed by atoms with Gasteiger partial charge in [-0.1, -0.05) is 0 Å². The Labute approximate surface area is 79.7 Å². The Morgan fingerprint density at radius 2 is 1.69 bits per heavy atom. The third kappa shape index (κ3) is 1.72. The highest BCUT2D eigenvalue weighted by atomic mass is 15.3. The maximum atomic E-state index is 3.68. The maximum Gasteiger partial charge on any atom is 0.0596 e. The molecular formula is C11H16N2. The summed E-state index contributed by atoms with van der Waals surface area (Å²) in [7, 11) is 0. The van der Waals surface area contributed by atoms with Crippen molar-refractivity contribution in [3.63, 3.8) is 0 Å². The van der Waals surface area contributed by atoms with Gasteiger partial charge in [0.15, 0.2) is 0 Å². The van der Waals surface area contributed by atoms with E-state index in [1.807, 2.05) is 0 Å². The lowest BCUT2D eigenvalue weighted by Gasteiger charge is -2.13. The van der Waals surface area contributed by atoms with Crippen LogP contribution in [0.1, 0.15) is 22.3 Å². The first-order valence-corrected chi connectivity index (χ1v) is 4.37. The van der Waals surface area contributed by atoms with Crippen LogP contribution >= 0.6 is 0 Å². The minimum Gasteiger partial charge on any atom is -0.279 e. The summed E-state index contributed by atoms with van der Waals surface area (Å²) in [6.07, 6.45) is 0. The van der Waals surface area contributed by atoms with Gasteiger partial charge < -0.3 is 0 Å². The summed E-state index contributed by atoms with van der Waals surface area (Å²) in [5.74, 6) is 0. The number of hydrogen-bond acceptors (Lipinski definition) is 2. The molecule has 1 N–H and O–H groups in total. The molecule has 0 unspecified atom stereocenters. The average molecular weight is 176 g/mol. The van der Waals surface area contributed by atoms with Gasteiger partial charge in [-0.25, -0.2) is 0 Å². The highest BCUT2D eigenvalue weighted by molar-refractivity contribution is 5.59. The molecule has 0 aliphatic rings. The molecule has 0 aromatic heterocycles. The van der Waals surface area contributed by atoms with E-state index in [4.69, 9.17) is 0 Å². The molecule has 0 heterocycles. The van der Waals surface area contributed by atoms with Crippen molar-refractivity contribution in [3.05, 3.63) is 28.3 Å². The molecule has 1 rings (SSSR count). The minimum absolute atomic E-state index is 1.05. The Hall–Kier alpha value is -1.31. The summed E-state index contributed by atoms with van der Waals surface area (Å²) in [5.41, 5.74) is 9.16. The summed E-state index contributed by atoms with van der Waals surface area (Å²) in [4.78, 5) is 0. The Bertz CT molecular complexity index is 340. The summed E-state index contributed by atoms with van der Waals surface area (Å²) in [5, 5.41) is 3.68. The molecule has 0 amide bonds. The van der Waals surface area contributed by atoms with Crippen LogP contribution in [-0.4, -0.2) is 6.72 Å². The predicted molar refractivity (Wildman–Crippen MR) is 58.6 cm³/mol. The van der Waals surface area contributed by atoms with Gasteiger partial charge in [-0.05, 0) is 56.0 Å². The highest BCUT2D eigenvalue weighted by Crippen LogP contribution is 2.24. The molecular weight excluding hydrogens is 160 g/mol. The van der Waals surface area contributed by atoms with Crippen LogP contribution in [0, 0.1) is 27.7 Å². The van der Waals surface area contributed by atoms with Gasteiger partial charge in [-0.2, -0.15) is 5.10 Å². The van der Waals surface area contributed by atoms with E-state index >= 15 is 0 Å². The Kier molecular flexibility index (Phi) is 2.71. The van der Waals surface area contributed by atoms with Gasteiger partial charge in [-0.15, -0.1) is 0 Å². The monoisotopic (exact) mass is 176 g/mol. The summed E-state index contributed by atoms with van der Waals surface area (Å²) >= 11 is 0. The summed E-state index contributed by atoms with van der Waals surface area (Å²) < 4.78 is 0. The van der Waals surface area contributed by atoms with Gasteiger partial charge in [0.25, 0.3) is 0 Å². The Morgan fingerprint density at radius 3 is 2.23 bits per heavy atom. The van der Waals surface area contributed by atoms with Crippen LogP contribution in [0.5, 0.6) is 0 Å². The SMILES string of the molecule is C=NNc1cc(C)c(C)c(C)c1C. The van der Waals surface area contributed by atoms with Gasteiger partial charge in [0.1, 0.15) is 0 Å². The van der Waals surface area contributed by atoms with Crippen LogP contribution in [0.25, 0.3) is 0 Å². The number of anilines is 1. The number of nitrogens with zero attached hydrogens (tertiary/aromatic N) is 1. The largest absolute Gasteiger partial charge is 0.279 e. The van der Waals surface area contributed by atoms with Gasteiger partial charge >= 0.3 is 0 Å². The van der Waals surface area contributed by atoms with E-state index in [-0.39, 0.29) is 0 Å². The molecule has 13 heavy (non-hydrogen) atoms. The molecule has 0 bridgehead atoms. The molecule has 2 nitrogen and oxygen atoms in total. The van der Waals surface area contributed by atoms with E-state index in [2.05, 4.69) is 51.0 Å². The highest BCUT2D eigenvalue weighted by Gasteiger charge is 2.05. The molecule has 0 radical (unpaired) electrons. The van der Waals surface area contributed by atoms with Crippen molar-refractivity contribution in [3.8, 4) is 0 Å². The number of benzene rings is 1. The van der Waals surface area contributed by atoms with E-state index in [1.54, 1.807) is 0 Å². The van der Waals surface area contributed by atoms with E-state index in [0.717, 1.165) is 5.69 Å². The molecule has 0 atom stereocenters. The van der Waals surface area contributed by atoms with Crippen molar-refractivity contribution in [2.45, 2.75) is 27.7 Å². The number of nitrogens with one attached hydrogen (secondary N) is 1. The lowest BCUT2D eigenvalue weighted by Crippen LogP contribution is -1.97. The number of hydrazone groups is 1. The fourth-order valence-corrected chi connectivity index (χ4v) is 1.41. The third-order valence-electron chi connectivity index (χ3n) is 2.68. The van der Waals surface area contributed by atoms with Crippen molar-refractivity contribution in [2.24, 2.45) is 5.10 Å². The summed E-state index contributed by atoms with van der Waals surface area (Å²) in [6, 6.07) is 2.10. The maximum absolute atomic E-state index is 3.68. The molecule has 0 spiro atoms. The van der Waals surface area contributed by atoms with Crippen LogP contribution in [0.2, 0.25) is 0 Å². The second-order valence-electron chi connectivity index (χ2n) is 3.39. The fraction of sp³-hybridized carbons (Fsp3) is 0.364. The van der Waals surface area contributed by atoms with Crippen molar-refractivity contribution in [1.29, 1.82) is 0 Å². The van der Waals surface area contributed by atoms with Crippen LogP contribution in [0.4, 0.5) is 5.69 Å². The normalized spacial score (nSPS) is 9.85. The van der Waals surface area contributed by atoms with Gasteiger partial charge in [0.2, 0.25) is 0 Å². The molecule has 0 aliphatic carbocycles. The minimum atomic E-state index is 1.05. The van der Waals surface area contributed by atoms with Crippen LogP contribution in [0.15, 0.2) is 11.2 Å². The first-order valence-electron chi connectivity index (χ1n) is 4.37. The average Bonchev–Trinajstić information content (AvgIpc) is 2.11. The standard InChI is InChI=1S/C11H16N2/c1-7-6-11(13-12-5)10(4)9(3)8(7)2/h6,13H,5H2,1-4H3. The zero-order valence-electron chi connectivity index (χ0n) is 8.73. The molecule has 1 aromatic carbocycles. The fourth-order valence-electron chi connectivity index (χ4n) is 1.41. The van der Waals surface area contributed by atoms with Crippen molar-refractivity contribution >= 4 is 12.4 Å². The molecule has 0 fully saturated rings. The van der Waals surface area contributed by atoms with E-state index in [9.17, 15) is 0 Å². The Balaban J connectivity index is 3.31. The van der Waals surface area contributed by atoms with E-state index in [0.29, 0.717) is 0 Å². The van der Waals surface area contributed by atoms with E-state index in [1.165, 1.54) is 22.3 Å². The van der Waals surface area contributed by atoms with Crippen molar-refractivity contribution < 1.29 is 0 Å². The first-order chi connectivity index (χ1) is 6.07. The quantitative estimate of drug-likeness (QED) is 0.543. The van der Waals surface area contributed by atoms with Crippen LogP contribution < -0.4 is 5.43 Å². The van der Waals surface area contributed by atoms with Gasteiger partial charge in [-0.3, -0.25) is 5.43 Å². The molecule has 2 heteroatoms. The number of aryl methyl sites for hydroxylation is 1. The van der Waals surface area contributed by atoms with Crippen molar-refractivity contribution in [1.82, 2.24) is 0 Å². The second-order valence-corrected chi connectivity index (χ2v) is 3.39. The van der Waals surface area contributed by atoms with Crippen LogP contribution in [-0.2, 0) is 0 Å². The Morgan fingerprint density at radius 1 is 1.08 bits per heavy atom. The lowest BCUT2D eigenvalue weighted by molar-refractivity contribution is 1.19. The molecule has 70 valence electrons. The zero-order valence-corrected chi connectivity index (χ0v) is 8.73. The number of hydrogen-bond donors (Lipinski definition) is 1. The van der Waals surface area contributed by atoms with E-state index < -0.39 is 0 Å². The second kappa shape index (κ2) is 3.60. The van der Waals surface area contributed by atoms with Crippen molar-refractivity contribution in [2.75, 3.05) is 5.43 Å². The zero-order chi connectivity index (χ0) is 10.0. The third-order valence-corrected chi connectivity index (χ3v) is 2.68. The topological polar surface area (TPSA) is 24.4 Å². The lowest BCUT2D eigenvalue weighted by atomic mass is 9.98. The number of rotatable bonds is 2. The smallest absolute Gasteiger partial charge is 0.0596 e. The molecule has 0 saturated carbocycles. The van der Waals surface area contributed by atoms with Gasteiger partial charge in [0, 0.05) is 6.72 Å². The summed E-state index contributed by atoms with van der Waals surface area (Å²) in [6.45, 7) is 11.9. The molecule has 0 saturated heterocycles. The molecule has 0 aliphatic heterocycles. The predicted octanol–water partition coefficient (Wildman–Crippen LogP) is 2.95. The van der Waals surface area contributed by atoms with Crippen LogP contribution in [0.3, 0.4) is 0 Å². The first kappa shape index (κ1) is 9.78. The molecule has 1 aromatic rings.